The van der Waals surface area contributed by atoms with Crippen molar-refractivity contribution in [2.75, 3.05) is 31.6 Å². The van der Waals surface area contributed by atoms with E-state index >= 15 is 0 Å². The second-order valence-electron chi connectivity index (χ2n) is 7.18. The molecule has 160 valence electrons. The number of aliphatic imine (C=N–C) groups is 1. The molecule has 0 aliphatic carbocycles. The maximum Gasteiger partial charge on any atom is 0.309 e. The van der Waals surface area contributed by atoms with Crippen molar-refractivity contribution in [3.05, 3.63) is 29.8 Å². The Kier molecular flexibility index (Phi) is 9.47. The maximum absolute atomic E-state index is 11.9. The van der Waals surface area contributed by atoms with E-state index in [1.807, 2.05) is 38.1 Å². The van der Waals surface area contributed by atoms with Crippen molar-refractivity contribution in [1.82, 2.24) is 10.2 Å². The molecule has 0 unspecified atom stereocenters. The third-order valence-corrected chi connectivity index (χ3v) is 4.88. The van der Waals surface area contributed by atoms with Gasteiger partial charge in [-0.25, -0.2) is 4.99 Å². The topological polar surface area (TPSA) is 83.0 Å². The smallest absolute Gasteiger partial charge is 0.309 e. The Labute approximate surface area is 173 Å². The summed E-state index contributed by atoms with van der Waals surface area (Å²) in [6.07, 6.45) is 2.94. The molecule has 2 rings (SSSR count). The number of piperidine rings is 1. The Balaban J connectivity index is 1.92. The third-order valence-electron chi connectivity index (χ3n) is 4.88. The number of hydrogen-bond donors (Lipinski definition) is 2. The Hall–Kier alpha value is -2.57. The molecule has 29 heavy (non-hydrogen) atoms. The van der Waals surface area contributed by atoms with Gasteiger partial charge in [0.05, 0.1) is 19.1 Å². The molecule has 0 aromatic heterocycles. The Morgan fingerprint density at radius 3 is 2.41 bits per heavy atom. The van der Waals surface area contributed by atoms with Gasteiger partial charge in [-0.1, -0.05) is 19.1 Å². The van der Waals surface area contributed by atoms with Crippen LogP contribution >= 0.6 is 0 Å². The van der Waals surface area contributed by atoms with Crippen LogP contribution in [0.3, 0.4) is 0 Å². The summed E-state index contributed by atoms with van der Waals surface area (Å²) < 4.78 is 5.15. The van der Waals surface area contributed by atoms with Crippen molar-refractivity contribution in [2.45, 2.75) is 53.0 Å². The zero-order valence-corrected chi connectivity index (χ0v) is 17.9. The molecule has 0 bridgehead atoms. The van der Waals surface area contributed by atoms with Crippen LogP contribution in [0.25, 0.3) is 0 Å². The molecule has 0 radical (unpaired) electrons. The van der Waals surface area contributed by atoms with E-state index in [0.717, 1.165) is 56.1 Å². The number of hydrogen-bond acceptors (Lipinski definition) is 4. The molecular weight excluding hydrogens is 368 g/mol. The molecular formula is C22H34N4O3. The van der Waals surface area contributed by atoms with Gasteiger partial charge < -0.3 is 20.3 Å². The van der Waals surface area contributed by atoms with E-state index < -0.39 is 0 Å². The van der Waals surface area contributed by atoms with Crippen LogP contribution in [-0.4, -0.2) is 49.0 Å². The number of amides is 1. The number of benzene rings is 1. The first-order chi connectivity index (χ1) is 14.1. The van der Waals surface area contributed by atoms with Gasteiger partial charge in [0.2, 0.25) is 5.91 Å². The lowest BCUT2D eigenvalue weighted by molar-refractivity contribution is -0.149. The molecule has 1 aromatic carbocycles. The predicted octanol–water partition coefficient (Wildman–Crippen LogP) is 3.17. The van der Waals surface area contributed by atoms with Gasteiger partial charge in [-0.15, -0.1) is 0 Å². The molecule has 1 saturated heterocycles. The van der Waals surface area contributed by atoms with Crippen LogP contribution in [0.4, 0.5) is 5.69 Å². The number of anilines is 1. The van der Waals surface area contributed by atoms with E-state index in [2.05, 4.69) is 22.5 Å². The lowest BCUT2D eigenvalue weighted by Gasteiger charge is -2.33. The minimum absolute atomic E-state index is 0.00969. The zero-order chi connectivity index (χ0) is 21.1. The van der Waals surface area contributed by atoms with Gasteiger partial charge in [-0.3, -0.25) is 9.59 Å². The highest BCUT2D eigenvalue weighted by Gasteiger charge is 2.27. The van der Waals surface area contributed by atoms with E-state index in [4.69, 9.17) is 9.73 Å². The van der Waals surface area contributed by atoms with Gasteiger partial charge in [-0.05, 0) is 50.8 Å². The van der Waals surface area contributed by atoms with Crippen LogP contribution in [0.1, 0.15) is 52.0 Å². The fourth-order valence-electron chi connectivity index (χ4n) is 3.32. The molecule has 1 aliphatic rings. The summed E-state index contributed by atoms with van der Waals surface area (Å²) in [4.78, 5) is 30.6. The third kappa shape index (κ3) is 7.40. The van der Waals surface area contributed by atoms with Crippen LogP contribution in [-0.2, 0) is 20.9 Å². The molecule has 7 heteroatoms. The van der Waals surface area contributed by atoms with Gasteiger partial charge in [0, 0.05) is 31.7 Å². The molecule has 0 saturated carbocycles. The summed E-state index contributed by atoms with van der Waals surface area (Å²) in [6, 6.07) is 7.80. The molecule has 1 fully saturated rings. The molecule has 7 nitrogen and oxygen atoms in total. The Bertz CT molecular complexity index is 680. The summed E-state index contributed by atoms with van der Waals surface area (Å²) >= 11 is 0. The first kappa shape index (κ1) is 22.7. The van der Waals surface area contributed by atoms with Crippen LogP contribution in [0.5, 0.6) is 0 Å². The van der Waals surface area contributed by atoms with Gasteiger partial charge in [0.15, 0.2) is 5.96 Å². The first-order valence-corrected chi connectivity index (χ1v) is 10.7. The summed E-state index contributed by atoms with van der Waals surface area (Å²) in [5.74, 6) is 0.818. The number of carbonyl (C=O) groups is 2. The van der Waals surface area contributed by atoms with Crippen LogP contribution in [0.2, 0.25) is 0 Å². The van der Waals surface area contributed by atoms with Crippen molar-refractivity contribution in [3.8, 4) is 0 Å². The van der Waals surface area contributed by atoms with E-state index in [-0.39, 0.29) is 17.8 Å². The van der Waals surface area contributed by atoms with Crippen LogP contribution < -0.4 is 10.6 Å². The molecule has 2 N–H and O–H groups in total. The molecule has 1 aliphatic heterocycles. The van der Waals surface area contributed by atoms with Gasteiger partial charge in [0.25, 0.3) is 0 Å². The van der Waals surface area contributed by atoms with Gasteiger partial charge in [-0.2, -0.15) is 0 Å². The second kappa shape index (κ2) is 12.1. The minimum Gasteiger partial charge on any atom is -0.466 e. The number of rotatable bonds is 8. The largest absolute Gasteiger partial charge is 0.466 e. The summed E-state index contributed by atoms with van der Waals surface area (Å²) in [7, 11) is 0. The molecule has 1 amide bonds. The Morgan fingerprint density at radius 2 is 1.83 bits per heavy atom. The predicted molar refractivity (Wildman–Crippen MR) is 116 cm³/mol. The van der Waals surface area contributed by atoms with Crippen LogP contribution in [0.15, 0.2) is 29.3 Å². The number of ether oxygens (including phenoxy) is 1. The van der Waals surface area contributed by atoms with Gasteiger partial charge in [0.1, 0.15) is 0 Å². The van der Waals surface area contributed by atoms with E-state index in [9.17, 15) is 9.59 Å². The number of guanidine groups is 1. The fourth-order valence-corrected chi connectivity index (χ4v) is 3.32. The number of nitrogens with one attached hydrogen (secondary N) is 2. The number of carbonyl (C=O) groups excluding carboxylic acids is 2. The van der Waals surface area contributed by atoms with Crippen molar-refractivity contribution in [1.29, 1.82) is 0 Å². The second-order valence-corrected chi connectivity index (χ2v) is 7.18. The van der Waals surface area contributed by atoms with E-state index in [1.54, 1.807) is 0 Å². The lowest BCUT2D eigenvalue weighted by atomic mass is 9.97. The molecule has 0 spiro atoms. The lowest BCUT2D eigenvalue weighted by Crippen LogP contribution is -2.46. The number of esters is 1. The van der Waals surface area contributed by atoms with Crippen molar-refractivity contribution in [2.24, 2.45) is 10.9 Å². The summed E-state index contributed by atoms with van der Waals surface area (Å²) in [5.41, 5.74) is 1.89. The maximum atomic E-state index is 11.9. The highest BCUT2D eigenvalue weighted by molar-refractivity contribution is 5.90. The quantitative estimate of drug-likeness (QED) is 0.396. The fraction of sp³-hybridized carbons (Fsp3) is 0.591. The number of nitrogens with zero attached hydrogens (tertiary/aromatic N) is 2. The standard InChI is InChI=1S/C22H34N4O3/c1-4-7-20(27)25-19-10-8-17(9-11-19)16-24-22(23-5-2)26-14-12-18(13-15-26)21(28)29-6-3/h8-11,18H,4-7,12-16H2,1-3H3,(H,23,24)(H,25,27). The zero-order valence-electron chi connectivity index (χ0n) is 17.9. The monoisotopic (exact) mass is 402 g/mol. The Morgan fingerprint density at radius 1 is 1.14 bits per heavy atom. The van der Waals surface area contributed by atoms with Gasteiger partial charge >= 0.3 is 5.97 Å². The highest BCUT2D eigenvalue weighted by Crippen LogP contribution is 2.19. The molecule has 1 aromatic rings. The minimum atomic E-state index is -0.0831. The first-order valence-electron chi connectivity index (χ1n) is 10.7. The van der Waals surface area contributed by atoms with E-state index in [0.29, 0.717) is 19.6 Å². The van der Waals surface area contributed by atoms with E-state index in [1.165, 1.54) is 0 Å². The number of likely N-dealkylation sites (tertiary alicyclic amines) is 1. The summed E-state index contributed by atoms with van der Waals surface area (Å²) in [5, 5.41) is 6.24. The van der Waals surface area contributed by atoms with Crippen molar-refractivity contribution in [3.63, 3.8) is 0 Å². The average molecular weight is 403 g/mol. The average Bonchev–Trinajstić information content (AvgIpc) is 2.72. The molecule has 0 atom stereocenters. The molecule has 1 heterocycles. The normalized spacial score (nSPS) is 15.1. The van der Waals surface area contributed by atoms with Crippen LogP contribution in [0, 0.1) is 5.92 Å². The summed E-state index contributed by atoms with van der Waals surface area (Å²) in [6.45, 7) is 9.24. The highest BCUT2D eigenvalue weighted by atomic mass is 16.5. The van der Waals surface area contributed by atoms with Crippen molar-refractivity contribution >= 4 is 23.5 Å². The SMILES string of the molecule is CCCC(=O)Nc1ccc(CN=C(NCC)N2CCC(C(=O)OCC)CC2)cc1. The van der Waals surface area contributed by atoms with Crippen molar-refractivity contribution < 1.29 is 14.3 Å².